The number of anilines is 1. The molecule has 1 aliphatic heterocycles. The zero-order chi connectivity index (χ0) is 17.6. The molecule has 1 aromatic carbocycles. The fraction of sp³-hybridized carbons (Fsp3) is 0.294. The molecular formula is C17H17N5O3. The number of aromatic amines is 1. The third kappa shape index (κ3) is 2.55. The minimum atomic E-state index is -0.745. The van der Waals surface area contributed by atoms with Gasteiger partial charge in [0.25, 0.3) is 0 Å². The van der Waals surface area contributed by atoms with Gasteiger partial charge in [0.1, 0.15) is 17.8 Å². The summed E-state index contributed by atoms with van der Waals surface area (Å²) in [7, 11) is 0. The van der Waals surface area contributed by atoms with Crippen molar-refractivity contribution in [1.82, 2.24) is 15.0 Å². The molecule has 2 aromatic heterocycles. The lowest BCUT2D eigenvalue weighted by molar-refractivity contribution is -0.142. The number of carbonyl (C=O) groups excluding carboxylic acids is 1. The Bertz CT molecular complexity index is 989. The zero-order valence-electron chi connectivity index (χ0n) is 13.4. The molecule has 0 saturated carbocycles. The number of hydrogen-bond acceptors (Lipinski definition) is 5. The second-order valence-electron chi connectivity index (χ2n) is 6.27. The molecule has 0 bridgehead atoms. The first-order valence-corrected chi connectivity index (χ1v) is 8.08. The number of aliphatic carboxylic acids is 1. The van der Waals surface area contributed by atoms with Crippen LogP contribution in [0.2, 0.25) is 0 Å². The van der Waals surface area contributed by atoms with Gasteiger partial charge in [-0.25, -0.2) is 9.97 Å². The van der Waals surface area contributed by atoms with Crippen molar-refractivity contribution in [2.45, 2.75) is 12.8 Å². The van der Waals surface area contributed by atoms with Gasteiger partial charge in [-0.2, -0.15) is 0 Å². The summed E-state index contributed by atoms with van der Waals surface area (Å²) in [5.74, 6) is -0.790. The minimum Gasteiger partial charge on any atom is -0.481 e. The Morgan fingerprint density at radius 2 is 2.00 bits per heavy atom. The number of amides is 1. The maximum Gasteiger partial charge on any atom is 0.306 e. The number of aromatic nitrogens is 3. The van der Waals surface area contributed by atoms with Crippen LogP contribution in [0.15, 0.2) is 24.5 Å². The maximum absolute atomic E-state index is 11.5. The van der Waals surface area contributed by atoms with Crippen LogP contribution in [0, 0.1) is 5.92 Å². The molecule has 128 valence electrons. The van der Waals surface area contributed by atoms with E-state index in [4.69, 9.17) is 10.8 Å². The van der Waals surface area contributed by atoms with E-state index >= 15 is 0 Å². The Morgan fingerprint density at radius 1 is 1.24 bits per heavy atom. The Labute approximate surface area is 142 Å². The first-order valence-electron chi connectivity index (χ1n) is 8.08. The van der Waals surface area contributed by atoms with Crippen molar-refractivity contribution in [2.24, 2.45) is 11.7 Å². The van der Waals surface area contributed by atoms with Gasteiger partial charge in [0, 0.05) is 29.6 Å². The number of nitrogens with two attached hydrogens (primary N) is 1. The molecule has 1 amide bonds. The van der Waals surface area contributed by atoms with Crippen molar-refractivity contribution in [3.63, 3.8) is 0 Å². The van der Waals surface area contributed by atoms with Gasteiger partial charge in [-0.05, 0) is 31.0 Å². The Hall–Kier alpha value is -3.16. The highest BCUT2D eigenvalue weighted by atomic mass is 16.4. The molecule has 8 heteroatoms. The van der Waals surface area contributed by atoms with Gasteiger partial charge in [0.15, 0.2) is 0 Å². The fourth-order valence-corrected chi connectivity index (χ4v) is 3.44. The van der Waals surface area contributed by atoms with E-state index in [0.717, 1.165) is 22.1 Å². The number of rotatable bonds is 3. The third-order valence-corrected chi connectivity index (χ3v) is 4.80. The van der Waals surface area contributed by atoms with E-state index in [2.05, 4.69) is 19.9 Å². The highest BCUT2D eigenvalue weighted by molar-refractivity contribution is 6.13. The van der Waals surface area contributed by atoms with Gasteiger partial charge in [-0.3, -0.25) is 9.59 Å². The molecule has 4 rings (SSSR count). The number of fused-ring (bicyclic) bond motifs is 3. The highest BCUT2D eigenvalue weighted by Crippen LogP contribution is 2.33. The van der Waals surface area contributed by atoms with E-state index in [-0.39, 0.29) is 5.92 Å². The molecule has 0 aliphatic carbocycles. The summed E-state index contributed by atoms with van der Waals surface area (Å²) in [6.45, 7) is 1.23. The van der Waals surface area contributed by atoms with Crippen molar-refractivity contribution in [3.8, 4) is 0 Å². The number of nitrogens with zero attached hydrogens (tertiary/aromatic N) is 3. The number of benzene rings is 1. The number of H-pyrrole nitrogens is 1. The quantitative estimate of drug-likeness (QED) is 0.664. The Morgan fingerprint density at radius 3 is 2.68 bits per heavy atom. The van der Waals surface area contributed by atoms with Gasteiger partial charge >= 0.3 is 5.97 Å². The molecule has 1 saturated heterocycles. The molecule has 0 atom stereocenters. The van der Waals surface area contributed by atoms with E-state index in [1.165, 1.54) is 6.33 Å². The molecule has 3 aromatic rings. The van der Waals surface area contributed by atoms with Crippen molar-refractivity contribution in [3.05, 3.63) is 30.1 Å². The van der Waals surface area contributed by atoms with Gasteiger partial charge in [0.05, 0.1) is 11.3 Å². The van der Waals surface area contributed by atoms with Crippen LogP contribution in [-0.4, -0.2) is 45.0 Å². The summed E-state index contributed by atoms with van der Waals surface area (Å²) in [5.41, 5.74) is 7.35. The van der Waals surface area contributed by atoms with Crippen LogP contribution in [0.5, 0.6) is 0 Å². The second kappa shape index (κ2) is 5.73. The lowest BCUT2D eigenvalue weighted by Crippen LogP contribution is -2.36. The van der Waals surface area contributed by atoms with E-state index < -0.39 is 11.9 Å². The normalized spacial score (nSPS) is 15.8. The van der Waals surface area contributed by atoms with Crippen molar-refractivity contribution < 1.29 is 14.7 Å². The monoisotopic (exact) mass is 339 g/mol. The summed E-state index contributed by atoms with van der Waals surface area (Å²) >= 11 is 0. The predicted molar refractivity (Wildman–Crippen MR) is 92.5 cm³/mol. The third-order valence-electron chi connectivity index (χ3n) is 4.80. The van der Waals surface area contributed by atoms with Crippen LogP contribution < -0.4 is 10.6 Å². The summed E-state index contributed by atoms with van der Waals surface area (Å²) in [6, 6.07) is 5.22. The minimum absolute atomic E-state index is 0.307. The van der Waals surface area contributed by atoms with Gasteiger partial charge in [-0.1, -0.05) is 0 Å². The Balaban J connectivity index is 1.81. The topological polar surface area (TPSA) is 125 Å². The van der Waals surface area contributed by atoms with Crippen molar-refractivity contribution >= 4 is 39.6 Å². The van der Waals surface area contributed by atoms with Crippen molar-refractivity contribution in [2.75, 3.05) is 18.0 Å². The summed E-state index contributed by atoms with van der Waals surface area (Å²) in [5, 5.41) is 10.8. The summed E-state index contributed by atoms with van der Waals surface area (Å²) in [4.78, 5) is 36.7. The van der Waals surface area contributed by atoms with Gasteiger partial charge < -0.3 is 20.7 Å². The summed E-state index contributed by atoms with van der Waals surface area (Å²) in [6.07, 6.45) is 2.65. The van der Waals surface area contributed by atoms with Crippen molar-refractivity contribution in [1.29, 1.82) is 0 Å². The smallest absolute Gasteiger partial charge is 0.306 e. The molecule has 4 N–H and O–H groups in total. The lowest BCUT2D eigenvalue weighted by Gasteiger charge is -2.31. The molecule has 25 heavy (non-hydrogen) atoms. The number of primary amides is 1. The van der Waals surface area contributed by atoms with Gasteiger partial charge in [0.2, 0.25) is 5.91 Å². The molecule has 3 heterocycles. The number of piperidine rings is 1. The summed E-state index contributed by atoms with van der Waals surface area (Å²) < 4.78 is 0. The molecule has 0 spiro atoms. The van der Waals surface area contributed by atoms with Gasteiger partial charge in [-0.15, -0.1) is 0 Å². The second-order valence-corrected chi connectivity index (χ2v) is 6.27. The predicted octanol–water partition coefficient (Wildman–Crippen LogP) is 1.51. The number of carbonyl (C=O) groups is 2. The number of carboxylic acid groups (broad SMARTS) is 1. The fourth-order valence-electron chi connectivity index (χ4n) is 3.44. The van der Waals surface area contributed by atoms with Crippen LogP contribution in [0.3, 0.4) is 0 Å². The van der Waals surface area contributed by atoms with Crippen LogP contribution in [0.4, 0.5) is 5.82 Å². The number of hydrogen-bond donors (Lipinski definition) is 3. The average Bonchev–Trinajstić information content (AvgIpc) is 2.99. The highest BCUT2D eigenvalue weighted by Gasteiger charge is 2.27. The SMILES string of the molecule is NC(=O)c1ccc2[nH]c3ncnc(N4CCC(C(=O)O)CC4)c3c2c1. The van der Waals surface area contributed by atoms with E-state index in [0.29, 0.717) is 37.1 Å². The molecule has 0 unspecified atom stereocenters. The number of carboxylic acids is 1. The lowest BCUT2D eigenvalue weighted by atomic mass is 9.97. The molecule has 8 nitrogen and oxygen atoms in total. The maximum atomic E-state index is 11.5. The van der Waals surface area contributed by atoms with Crippen LogP contribution >= 0.6 is 0 Å². The molecule has 1 fully saturated rings. The first kappa shape index (κ1) is 15.4. The first-order chi connectivity index (χ1) is 12.0. The molecule has 1 aliphatic rings. The van der Waals surface area contributed by atoms with Crippen LogP contribution in [-0.2, 0) is 4.79 Å². The van der Waals surface area contributed by atoms with E-state index in [9.17, 15) is 9.59 Å². The molecule has 0 radical (unpaired) electrons. The Kier molecular flexibility index (Phi) is 3.52. The molecular weight excluding hydrogens is 322 g/mol. The standard InChI is InChI=1S/C17H17N5O3/c18-14(23)10-1-2-12-11(7-10)13-15(21-12)19-8-20-16(13)22-5-3-9(4-6-22)17(24)25/h1-2,7-9H,3-6H2,(H2,18,23)(H,24,25)(H,19,20,21). The van der Waals surface area contributed by atoms with Crippen LogP contribution in [0.25, 0.3) is 21.9 Å². The van der Waals surface area contributed by atoms with E-state index in [1.807, 2.05) is 0 Å². The number of nitrogens with one attached hydrogen (secondary N) is 1. The zero-order valence-corrected chi connectivity index (χ0v) is 13.4. The van der Waals surface area contributed by atoms with E-state index in [1.54, 1.807) is 18.2 Å². The van der Waals surface area contributed by atoms with Crippen LogP contribution in [0.1, 0.15) is 23.2 Å². The largest absolute Gasteiger partial charge is 0.481 e. The average molecular weight is 339 g/mol.